The lowest BCUT2D eigenvalue weighted by Crippen LogP contribution is -2.51. The zero-order valence-electron chi connectivity index (χ0n) is 27.4. The van der Waals surface area contributed by atoms with Crippen LogP contribution in [0.2, 0.25) is 0 Å². The first-order valence-electron chi connectivity index (χ1n) is 17.5. The van der Waals surface area contributed by atoms with E-state index in [1.807, 2.05) is 18.3 Å². The summed E-state index contributed by atoms with van der Waals surface area (Å²) in [6.45, 7) is 10.7. The summed E-state index contributed by atoms with van der Waals surface area (Å²) in [4.78, 5) is 22.6. The molecule has 0 radical (unpaired) electrons. The van der Waals surface area contributed by atoms with Crippen molar-refractivity contribution in [1.29, 1.82) is 0 Å². The number of rotatable bonds is 6. The highest BCUT2D eigenvalue weighted by molar-refractivity contribution is 5.93. The van der Waals surface area contributed by atoms with E-state index >= 15 is 0 Å². The van der Waals surface area contributed by atoms with E-state index in [0.717, 1.165) is 97.9 Å². The third-order valence-corrected chi connectivity index (χ3v) is 13.5. The highest BCUT2D eigenvalue weighted by Gasteiger charge is 2.59. The van der Waals surface area contributed by atoms with E-state index in [-0.39, 0.29) is 6.10 Å². The fraction of sp³-hybridized carbons (Fsp3) is 0.684. The first kappa shape index (κ1) is 30.1. The number of aliphatic hydroxyl groups is 1. The van der Waals surface area contributed by atoms with Crippen molar-refractivity contribution in [3.8, 4) is 5.75 Å². The van der Waals surface area contributed by atoms with Gasteiger partial charge in [0.05, 0.1) is 13.2 Å². The summed E-state index contributed by atoms with van der Waals surface area (Å²) in [5.41, 5.74) is 2.27. The molecule has 6 nitrogen and oxygen atoms in total. The Labute approximate surface area is 264 Å². The highest BCUT2D eigenvalue weighted by atomic mass is 16.5. The number of piperazine rings is 1. The topological polar surface area (TPSA) is 65.9 Å². The summed E-state index contributed by atoms with van der Waals surface area (Å²) in [5, 5.41) is 12.6. The van der Waals surface area contributed by atoms with Crippen molar-refractivity contribution < 1.29 is 14.6 Å². The Hall–Kier alpha value is -2.60. The summed E-state index contributed by atoms with van der Waals surface area (Å²) in [6.07, 6.45) is 15.6. The number of aromatic nitrogens is 1. The van der Waals surface area contributed by atoms with Crippen LogP contribution in [-0.2, 0) is 4.79 Å². The number of nitrogens with zero attached hydrogens (tertiary/aromatic N) is 3. The Bertz CT molecular complexity index is 1420. The van der Waals surface area contributed by atoms with Crippen molar-refractivity contribution in [3.05, 3.63) is 42.1 Å². The van der Waals surface area contributed by atoms with E-state index in [9.17, 15) is 9.90 Å². The van der Waals surface area contributed by atoms with Gasteiger partial charge in [-0.1, -0.05) is 38.5 Å². The molecule has 2 heterocycles. The van der Waals surface area contributed by atoms with Gasteiger partial charge < -0.3 is 19.6 Å². The van der Waals surface area contributed by atoms with Gasteiger partial charge in [0.1, 0.15) is 11.6 Å². The molecule has 7 rings (SSSR count). The van der Waals surface area contributed by atoms with E-state index in [1.165, 1.54) is 32.1 Å². The van der Waals surface area contributed by atoms with Crippen LogP contribution in [-0.4, -0.2) is 60.3 Å². The molecule has 1 N–H and O–H groups in total. The number of amides is 1. The number of hydrogen-bond acceptors (Lipinski definition) is 5. The largest absolute Gasteiger partial charge is 0.497 e. The van der Waals surface area contributed by atoms with Crippen molar-refractivity contribution in [2.75, 3.05) is 38.2 Å². The molecule has 2 aromatic rings. The van der Waals surface area contributed by atoms with Gasteiger partial charge in [-0.05, 0) is 122 Å². The summed E-state index contributed by atoms with van der Waals surface area (Å²) in [5.74, 6) is 5.84. The molecule has 0 spiro atoms. The zero-order valence-corrected chi connectivity index (χ0v) is 27.4. The van der Waals surface area contributed by atoms with Gasteiger partial charge in [0.2, 0.25) is 5.91 Å². The minimum Gasteiger partial charge on any atom is -0.497 e. The minimum atomic E-state index is -0.131. The second-order valence-electron chi connectivity index (χ2n) is 15.5. The maximum absolute atomic E-state index is 13.5. The number of hydrogen-bond donors (Lipinski definition) is 1. The molecule has 1 unspecified atom stereocenters. The van der Waals surface area contributed by atoms with Gasteiger partial charge >= 0.3 is 0 Å². The van der Waals surface area contributed by atoms with E-state index in [2.05, 4.69) is 48.8 Å². The van der Waals surface area contributed by atoms with Crippen molar-refractivity contribution in [3.63, 3.8) is 0 Å². The summed E-state index contributed by atoms with van der Waals surface area (Å²) >= 11 is 0. The lowest BCUT2D eigenvalue weighted by molar-refractivity contribution is -0.132. The van der Waals surface area contributed by atoms with Crippen molar-refractivity contribution in [2.24, 2.45) is 40.4 Å². The number of carbonyl (C=O) groups is 1. The van der Waals surface area contributed by atoms with E-state index in [1.54, 1.807) is 12.7 Å². The first-order chi connectivity index (χ1) is 21.2. The van der Waals surface area contributed by atoms with E-state index < -0.39 is 0 Å². The minimum absolute atomic E-state index is 0.131. The number of anilines is 1. The maximum atomic E-state index is 13.5. The molecule has 1 aromatic carbocycles. The molecule has 5 aliphatic rings. The van der Waals surface area contributed by atoms with Crippen molar-refractivity contribution in [2.45, 2.75) is 91.1 Å². The lowest BCUT2D eigenvalue weighted by atomic mass is 9.47. The second-order valence-corrected chi connectivity index (χ2v) is 15.5. The smallest absolute Gasteiger partial charge is 0.222 e. The average molecular weight is 600 g/mol. The molecule has 1 amide bonds. The number of allylic oxidation sites excluding steroid dienone is 1. The predicted molar refractivity (Wildman–Crippen MR) is 177 cm³/mol. The van der Waals surface area contributed by atoms with Crippen LogP contribution in [0.4, 0.5) is 5.82 Å². The van der Waals surface area contributed by atoms with Crippen LogP contribution in [0.1, 0.15) is 85.0 Å². The Morgan fingerprint density at radius 3 is 2.68 bits per heavy atom. The third-order valence-electron chi connectivity index (χ3n) is 13.5. The SMILES string of the molecule is COc1ccc2ccnc(N3CCN(C(=O)CCC(C)[C@H]4CC[C@H]5[C@@H]6CC=C7C[C@@H](O)CC[C@]7(C)[C@H]6CC[C@]45C)CC3)c2c1. The van der Waals surface area contributed by atoms with Crippen molar-refractivity contribution >= 4 is 22.5 Å². The number of methoxy groups -OCH3 is 1. The number of fused-ring (bicyclic) bond motifs is 6. The van der Waals surface area contributed by atoms with Gasteiger partial charge in [0.25, 0.3) is 0 Å². The number of ether oxygens (including phenoxy) is 1. The molecule has 1 aliphatic heterocycles. The molecule has 44 heavy (non-hydrogen) atoms. The average Bonchev–Trinajstić information content (AvgIpc) is 3.40. The number of carbonyl (C=O) groups excluding carboxylic acids is 1. The molecular formula is C38H53N3O3. The number of pyridine rings is 1. The molecule has 8 atom stereocenters. The maximum Gasteiger partial charge on any atom is 0.222 e. The fourth-order valence-corrected chi connectivity index (χ4v) is 11.0. The van der Waals surface area contributed by atoms with E-state index in [4.69, 9.17) is 9.72 Å². The van der Waals surface area contributed by atoms with Crippen LogP contribution in [0.5, 0.6) is 5.75 Å². The predicted octanol–water partition coefficient (Wildman–Crippen LogP) is 7.25. The third kappa shape index (κ3) is 5.04. The molecule has 1 saturated heterocycles. The number of aliphatic hydroxyl groups excluding tert-OH is 1. The van der Waals surface area contributed by atoms with Crippen LogP contribution < -0.4 is 9.64 Å². The molecule has 6 heteroatoms. The van der Waals surface area contributed by atoms with Gasteiger partial charge in [0.15, 0.2) is 0 Å². The Morgan fingerprint density at radius 1 is 1.07 bits per heavy atom. The Morgan fingerprint density at radius 2 is 1.89 bits per heavy atom. The Balaban J connectivity index is 0.948. The van der Waals surface area contributed by atoms with E-state index in [0.29, 0.717) is 29.1 Å². The van der Waals surface area contributed by atoms with Crippen LogP contribution in [0.15, 0.2) is 42.1 Å². The lowest BCUT2D eigenvalue weighted by Gasteiger charge is -2.58. The van der Waals surface area contributed by atoms with Gasteiger partial charge in [0, 0.05) is 44.2 Å². The zero-order chi connectivity index (χ0) is 30.6. The first-order valence-corrected chi connectivity index (χ1v) is 17.5. The normalized spacial score (nSPS) is 35.8. The van der Waals surface area contributed by atoms with Crippen LogP contribution in [0.25, 0.3) is 10.8 Å². The quantitative estimate of drug-likeness (QED) is 0.355. The second kappa shape index (κ2) is 11.6. The summed E-state index contributed by atoms with van der Waals surface area (Å²) < 4.78 is 5.47. The fourth-order valence-electron chi connectivity index (χ4n) is 11.0. The molecule has 4 aliphatic carbocycles. The highest BCUT2D eigenvalue weighted by Crippen LogP contribution is 2.67. The molecule has 4 fully saturated rings. The van der Waals surface area contributed by atoms with Gasteiger partial charge in [-0.25, -0.2) is 4.98 Å². The van der Waals surface area contributed by atoms with Crippen LogP contribution >= 0.6 is 0 Å². The molecule has 1 aromatic heterocycles. The molecular weight excluding hydrogens is 546 g/mol. The summed E-state index contributed by atoms with van der Waals surface area (Å²) in [7, 11) is 1.70. The van der Waals surface area contributed by atoms with Gasteiger partial charge in [-0.2, -0.15) is 0 Å². The van der Waals surface area contributed by atoms with Gasteiger partial charge in [-0.15, -0.1) is 0 Å². The molecule has 238 valence electrons. The van der Waals surface area contributed by atoms with Crippen molar-refractivity contribution in [1.82, 2.24) is 9.88 Å². The monoisotopic (exact) mass is 599 g/mol. The van der Waals surface area contributed by atoms with Crippen LogP contribution in [0.3, 0.4) is 0 Å². The summed E-state index contributed by atoms with van der Waals surface area (Å²) in [6, 6.07) is 8.20. The number of benzene rings is 1. The molecule has 0 bridgehead atoms. The Kier molecular flexibility index (Phi) is 7.96. The van der Waals surface area contributed by atoms with Crippen LogP contribution in [0, 0.1) is 40.4 Å². The standard InChI is InChI=1S/C38H53N3O3/c1-25(32-10-11-33-30-9-7-27-23-28(42)13-16-37(27,2)34(30)14-17-38(32,33)3)5-12-35(43)40-19-21-41(22-20-40)36-31-24-29(44-4)8-6-26(31)15-18-39-36/h6-8,15,18,24-25,28,30,32-34,42H,5,9-14,16-17,19-23H2,1-4H3/t25?,28-,30-,32+,33-,34-,37-,38+/m0/s1. The van der Waals surface area contributed by atoms with Gasteiger partial charge in [-0.3, -0.25) is 4.79 Å². The molecule has 3 saturated carbocycles.